The average Bonchev–Trinajstić information content (AvgIpc) is 2.15. The first kappa shape index (κ1) is 9.52. The first-order valence-electron chi connectivity index (χ1n) is 4.22. The highest BCUT2D eigenvalue weighted by Gasteiger charge is 2.00. The first-order valence-corrected chi connectivity index (χ1v) is 4.22. The second-order valence-electron chi connectivity index (χ2n) is 2.70. The van der Waals surface area contributed by atoms with E-state index in [2.05, 4.69) is 0 Å². The summed E-state index contributed by atoms with van der Waals surface area (Å²) in [5.41, 5.74) is 0.560. The van der Waals surface area contributed by atoms with Gasteiger partial charge < -0.3 is 0 Å². The van der Waals surface area contributed by atoms with E-state index in [9.17, 15) is 9.90 Å². The Kier molecular flexibility index (Phi) is 3.26. The quantitative estimate of drug-likeness (QED) is 0.514. The summed E-state index contributed by atoms with van der Waals surface area (Å²) in [6.07, 6.45) is 4.17. The lowest BCUT2D eigenvalue weighted by Gasteiger charge is -1.93. The standard InChI is InChI=1S/C11H11O2/c1-2-3-4-11(13)9-5-7-10(12)8-6-9/h3-8H,2H2,1H3. The summed E-state index contributed by atoms with van der Waals surface area (Å²) in [5.74, 6) is -0.127. The third-order valence-electron chi connectivity index (χ3n) is 1.64. The summed E-state index contributed by atoms with van der Waals surface area (Å²) < 4.78 is 0. The van der Waals surface area contributed by atoms with Gasteiger partial charge in [-0.3, -0.25) is 9.90 Å². The van der Waals surface area contributed by atoms with Gasteiger partial charge in [-0.25, -0.2) is 0 Å². The van der Waals surface area contributed by atoms with E-state index in [4.69, 9.17) is 0 Å². The fourth-order valence-electron chi connectivity index (χ4n) is 0.940. The molecule has 1 aromatic carbocycles. The van der Waals surface area contributed by atoms with E-state index in [1.54, 1.807) is 18.2 Å². The van der Waals surface area contributed by atoms with E-state index < -0.39 is 0 Å². The topological polar surface area (TPSA) is 37.0 Å². The Bertz CT molecular complexity index is 309. The normalized spacial score (nSPS) is 10.5. The Hall–Kier alpha value is -1.57. The van der Waals surface area contributed by atoms with Crippen LogP contribution in [0.5, 0.6) is 5.75 Å². The largest absolute Gasteiger partial charge is 0.290 e. The molecule has 1 rings (SSSR count). The molecule has 0 N–H and O–H groups in total. The van der Waals surface area contributed by atoms with Crippen LogP contribution in [0.25, 0.3) is 0 Å². The smallest absolute Gasteiger partial charge is 0.185 e. The molecule has 2 nitrogen and oxygen atoms in total. The predicted molar refractivity (Wildman–Crippen MR) is 50.3 cm³/mol. The highest BCUT2D eigenvalue weighted by Crippen LogP contribution is 2.11. The highest BCUT2D eigenvalue weighted by atomic mass is 16.3. The second kappa shape index (κ2) is 4.45. The van der Waals surface area contributed by atoms with E-state index in [1.165, 1.54) is 18.2 Å². The lowest BCUT2D eigenvalue weighted by molar-refractivity contribution is 0.104. The minimum atomic E-state index is -0.0731. The number of benzene rings is 1. The molecule has 0 aliphatic heterocycles. The van der Waals surface area contributed by atoms with E-state index in [0.29, 0.717) is 5.56 Å². The number of allylic oxidation sites excluding steroid dienone is 2. The first-order chi connectivity index (χ1) is 6.24. The van der Waals surface area contributed by atoms with Crippen molar-refractivity contribution >= 4 is 5.78 Å². The Balaban J connectivity index is 2.78. The van der Waals surface area contributed by atoms with Gasteiger partial charge in [0.25, 0.3) is 0 Å². The Labute approximate surface area is 77.5 Å². The lowest BCUT2D eigenvalue weighted by Crippen LogP contribution is -1.92. The maximum Gasteiger partial charge on any atom is 0.185 e. The van der Waals surface area contributed by atoms with Gasteiger partial charge >= 0.3 is 0 Å². The molecule has 0 saturated carbocycles. The van der Waals surface area contributed by atoms with E-state index in [0.717, 1.165) is 6.42 Å². The molecule has 2 heteroatoms. The van der Waals surface area contributed by atoms with Crippen LogP contribution >= 0.6 is 0 Å². The number of carbonyl (C=O) groups excluding carboxylic acids is 1. The van der Waals surface area contributed by atoms with Crippen LogP contribution in [0.15, 0.2) is 36.4 Å². The van der Waals surface area contributed by atoms with Crippen LogP contribution in [-0.4, -0.2) is 5.78 Å². The molecular formula is C11H11O2. The Morgan fingerprint density at radius 2 is 1.92 bits per heavy atom. The average molecular weight is 175 g/mol. The molecule has 0 spiro atoms. The number of ketones is 1. The summed E-state index contributed by atoms with van der Waals surface area (Å²) >= 11 is 0. The molecule has 0 aromatic heterocycles. The molecule has 13 heavy (non-hydrogen) atoms. The van der Waals surface area contributed by atoms with E-state index in [-0.39, 0.29) is 11.5 Å². The van der Waals surface area contributed by atoms with Crippen molar-refractivity contribution < 1.29 is 9.90 Å². The van der Waals surface area contributed by atoms with Gasteiger partial charge in [-0.05, 0) is 36.8 Å². The van der Waals surface area contributed by atoms with E-state index in [1.807, 2.05) is 6.92 Å². The van der Waals surface area contributed by atoms with Crippen molar-refractivity contribution in [1.29, 1.82) is 0 Å². The van der Waals surface area contributed by atoms with Gasteiger partial charge in [0.05, 0.1) is 0 Å². The van der Waals surface area contributed by atoms with Crippen molar-refractivity contribution in [2.45, 2.75) is 13.3 Å². The highest BCUT2D eigenvalue weighted by molar-refractivity contribution is 6.04. The van der Waals surface area contributed by atoms with Crippen LogP contribution in [-0.2, 0) is 5.11 Å². The molecule has 1 aromatic rings. The summed E-state index contributed by atoms with van der Waals surface area (Å²) in [7, 11) is 0. The summed E-state index contributed by atoms with van der Waals surface area (Å²) in [6, 6.07) is 5.88. The van der Waals surface area contributed by atoms with Crippen LogP contribution in [0, 0.1) is 0 Å². The molecule has 0 atom stereocenters. The van der Waals surface area contributed by atoms with Gasteiger partial charge in [0, 0.05) is 5.56 Å². The van der Waals surface area contributed by atoms with Gasteiger partial charge in [-0.1, -0.05) is 13.0 Å². The summed E-state index contributed by atoms with van der Waals surface area (Å²) in [5, 5.41) is 10.7. The van der Waals surface area contributed by atoms with Gasteiger partial charge in [0.1, 0.15) is 0 Å². The monoisotopic (exact) mass is 175 g/mol. The van der Waals surface area contributed by atoms with Crippen molar-refractivity contribution in [2.24, 2.45) is 0 Å². The number of carbonyl (C=O) groups is 1. The van der Waals surface area contributed by atoms with Crippen LogP contribution < -0.4 is 0 Å². The van der Waals surface area contributed by atoms with Gasteiger partial charge in [-0.2, -0.15) is 0 Å². The zero-order valence-electron chi connectivity index (χ0n) is 7.49. The minimum Gasteiger partial charge on any atom is -0.290 e. The molecule has 67 valence electrons. The van der Waals surface area contributed by atoms with Gasteiger partial charge in [-0.15, -0.1) is 0 Å². The molecule has 0 amide bonds. The molecule has 0 bridgehead atoms. The second-order valence-corrected chi connectivity index (χ2v) is 2.70. The molecule has 0 heterocycles. The Morgan fingerprint density at radius 3 is 2.46 bits per heavy atom. The van der Waals surface area contributed by atoms with Crippen LogP contribution in [0.3, 0.4) is 0 Å². The maximum absolute atomic E-state index is 11.3. The van der Waals surface area contributed by atoms with Crippen molar-refractivity contribution in [1.82, 2.24) is 0 Å². The zero-order chi connectivity index (χ0) is 9.68. The molecule has 0 aliphatic carbocycles. The zero-order valence-corrected chi connectivity index (χ0v) is 7.49. The molecule has 0 unspecified atom stereocenters. The predicted octanol–water partition coefficient (Wildman–Crippen LogP) is 2.98. The van der Waals surface area contributed by atoms with Crippen LogP contribution in [0.1, 0.15) is 23.7 Å². The minimum absolute atomic E-state index is 0.0538. The Morgan fingerprint density at radius 1 is 1.31 bits per heavy atom. The molecule has 1 radical (unpaired) electrons. The summed E-state index contributed by atoms with van der Waals surface area (Å²) in [6.45, 7) is 1.96. The fraction of sp³-hybridized carbons (Fsp3) is 0.182. The third kappa shape index (κ3) is 2.75. The lowest BCUT2D eigenvalue weighted by atomic mass is 10.1. The maximum atomic E-state index is 11.3. The molecule has 0 aliphatic rings. The fourth-order valence-corrected chi connectivity index (χ4v) is 0.940. The van der Waals surface area contributed by atoms with Crippen LogP contribution in [0.4, 0.5) is 0 Å². The third-order valence-corrected chi connectivity index (χ3v) is 1.64. The van der Waals surface area contributed by atoms with Crippen molar-refractivity contribution in [3.8, 4) is 5.75 Å². The number of hydrogen-bond acceptors (Lipinski definition) is 1. The summed E-state index contributed by atoms with van der Waals surface area (Å²) in [4.78, 5) is 11.3. The SMILES string of the molecule is CCC=CC(=O)c1ccc([O])cc1. The molecular weight excluding hydrogens is 164 g/mol. The van der Waals surface area contributed by atoms with Crippen molar-refractivity contribution in [3.05, 3.63) is 42.0 Å². The number of hydrogen-bond donors (Lipinski definition) is 0. The van der Waals surface area contributed by atoms with Gasteiger partial charge in [0.15, 0.2) is 11.5 Å². The van der Waals surface area contributed by atoms with Gasteiger partial charge in [0.2, 0.25) is 0 Å². The van der Waals surface area contributed by atoms with Crippen LogP contribution in [0.2, 0.25) is 0 Å². The van der Waals surface area contributed by atoms with Crippen molar-refractivity contribution in [2.75, 3.05) is 0 Å². The number of rotatable bonds is 3. The van der Waals surface area contributed by atoms with Crippen molar-refractivity contribution in [3.63, 3.8) is 0 Å². The van der Waals surface area contributed by atoms with E-state index >= 15 is 0 Å². The molecule has 0 fully saturated rings. The molecule has 0 saturated heterocycles.